The van der Waals surface area contributed by atoms with Crippen molar-refractivity contribution in [3.8, 4) is 0 Å². The molecule has 0 aliphatic carbocycles. The van der Waals surface area contributed by atoms with Crippen LogP contribution in [0.2, 0.25) is 0 Å². The summed E-state index contributed by atoms with van der Waals surface area (Å²) in [6.07, 6.45) is 14.4. The second kappa shape index (κ2) is 11.0. The molecular formula is C12H26. The van der Waals surface area contributed by atoms with Crippen molar-refractivity contribution in [3.05, 3.63) is 0 Å². The molecule has 0 aliphatic rings. The first kappa shape index (κ1) is 12.0. The average molecular weight is 170 g/mol. The van der Waals surface area contributed by atoms with Gasteiger partial charge in [-0.2, -0.15) is 0 Å². The molecule has 0 rings (SSSR count). The van der Waals surface area contributed by atoms with Crippen LogP contribution in [0.25, 0.3) is 0 Å². The van der Waals surface area contributed by atoms with Gasteiger partial charge in [-0.25, -0.2) is 0 Å². The predicted molar refractivity (Wildman–Crippen MR) is 57.5 cm³/mol. The van der Waals surface area contributed by atoms with E-state index in [0.717, 1.165) is 0 Å². The summed E-state index contributed by atoms with van der Waals surface area (Å²) in [6, 6.07) is 0. The van der Waals surface area contributed by atoms with E-state index in [1.807, 2.05) is 0 Å². The van der Waals surface area contributed by atoms with Crippen molar-refractivity contribution in [1.82, 2.24) is 0 Å². The maximum atomic E-state index is 2.28. The molecule has 0 unspecified atom stereocenters. The van der Waals surface area contributed by atoms with Crippen LogP contribution < -0.4 is 0 Å². The molecule has 0 bridgehead atoms. The second-order valence-corrected chi connectivity index (χ2v) is 3.83. The van der Waals surface area contributed by atoms with Crippen LogP contribution in [-0.4, -0.2) is 0 Å². The van der Waals surface area contributed by atoms with E-state index in [1.165, 1.54) is 64.2 Å². The van der Waals surface area contributed by atoms with Gasteiger partial charge in [0.05, 0.1) is 0 Å². The molecule has 0 spiro atoms. The SMILES string of the molecule is CCCCCCCCCCC[12CH3]. The first-order valence-electron chi connectivity index (χ1n) is 5.91. The molecule has 0 heteroatoms. The Morgan fingerprint density at radius 2 is 0.667 bits per heavy atom. The van der Waals surface area contributed by atoms with Gasteiger partial charge >= 0.3 is 0 Å². The lowest BCUT2D eigenvalue weighted by molar-refractivity contribution is 0.562. The first-order chi connectivity index (χ1) is 5.91. The van der Waals surface area contributed by atoms with Crippen LogP contribution in [0.1, 0.15) is 78.1 Å². The largest absolute Gasteiger partial charge is 0.0654 e. The van der Waals surface area contributed by atoms with Crippen molar-refractivity contribution in [2.45, 2.75) is 78.1 Å². The Bertz CT molecular complexity index is 56.4. The Kier molecular flexibility index (Phi) is 11.0. The molecule has 0 heterocycles. The molecule has 0 aliphatic heterocycles. The van der Waals surface area contributed by atoms with Crippen molar-refractivity contribution in [1.29, 1.82) is 0 Å². The topological polar surface area (TPSA) is 0 Å². The predicted octanol–water partition coefficient (Wildman–Crippen LogP) is 4.93. The van der Waals surface area contributed by atoms with Gasteiger partial charge in [-0.15, -0.1) is 0 Å². The van der Waals surface area contributed by atoms with Gasteiger partial charge in [0.2, 0.25) is 0 Å². The van der Waals surface area contributed by atoms with E-state index < -0.39 is 0 Å². The highest BCUT2D eigenvalue weighted by molar-refractivity contribution is 4.45. The number of unbranched alkanes of at least 4 members (excludes halogenated alkanes) is 9. The quantitative estimate of drug-likeness (QED) is 0.430. The van der Waals surface area contributed by atoms with Crippen LogP contribution in [0.4, 0.5) is 0 Å². The Morgan fingerprint density at radius 1 is 0.417 bits per heavy atom. The molecule has 0 aromatic heterocycles. The van der Waals surface area contributed by atoms with E-state index >= 15 is 0 Å². The van der Waals surface area contributed by atoms with E-state index in [9.17, 15) is 0 Å². The summed E-state index contributed by atoms with van der Waals surface area (Å²) in [6.45, 7) is 4.56. The molecular weight excluding hydrogens is 144 g/mol. The molecule has 12 heavy (non-hydrogen) atoms. The minimum Gasteiger partial charge on any atom is -0.0654 e. The molecule has 0 saturated carbocycles. The second-order valence-electron chi connectivity index (χ2n) is 3.83. The van der Waals surface area contributed by atoms with E-state index in [1.54, 1.807) is 0 Å². The third-order valence-corrected chi connectivity index (χ3v) is 2.46. The van der Waals surface area contributed by atoms with E-state index in [4.69, 9.17) is 0 Å². The van der Waals surface area contributed by atoms with E-state index in [0.29, 0.717) is 0 Å². The van der Waals surface area contributed by atoms with Crippen LogP contribution in [0.3, 0.4) is 0 Å². The van der Waals surface area contributed by atoms with Gasteiger partial charge in [0.1, 0.15) is 0 Å². The normalized spacial score (nSPS) is 10.5. The molecule has 0 fully saturated rings. The summed E-state index contributed by atoms with van der Waals surface area (Å²) >= 11 is 0. The Labute approximate surface area is 78.8 Å². The highest BCUT2D eigenvalue weighted by Crippen LogP contribution is 2.09. The molecule has 0 aromatic carbocycles. The summed E-state index contributed by atoms with van der Waals surface area (Å²) in [5.41, 5.74) is 0. The third kappa shape index (κ3) is 10.0. The Balaban J connectivity index is 2.73. The monoisotopic (exact) mass is 170 g/mol. The highest BCUT2D eigenvalue weighted by atomic mass is 14.0. The summed E-state index contributed by atoms with van der Waals surface area (Å²) < 4.78 is 0. The number of hydrogen-bond acceptors (Lipinski definition) is 0. The average Bonchev–Trinajstić information content (AvgIpc) is 2.10. The first-order valence-corrected chi connectivity index (χ1v) is 5.91. The molecule has 74 valence electrons. The highest BCUT2D eigenvalue weighted by Gasteiger charge is 1.90. The van der Waals surface area contributed by atoms with Crippen molar-refractivity contribution in [2.24, 2.45) is 0 Å². The van der Waals surface area contributed by atoms with Crippen molar-refractivity contribution >= 4 is 0 Å². The molecule has 0 atom stereocenters. The maximum Gasteiger partial charge on any atom is -0.0533 e. The minimum absolute atomic E-state index is 1.37. The van der Waals surface area contributed by atoms with Crippen LogP contribution in [-0.2, 0) is 0 Å². The van der Waals surface area contributed by atoms with Crippen molar-refractivity contribution in [2.75, 3.05) is 0 Å². The lowest BCUT2D eigenvalue weighted by Crippen LogP contribution is -1.80. The summed E-state index contributed by atoms with van der Waals surface area (Å²) in [5.74, 6) is 0. The van der Waals surface area contributed by atoms with Gasteiger partial charge < -0.3 is 0 Å². The Hall–Kier alpha value is 0. The van der Waals surface area contributed by atoms with E-state index in [-0.39, 0.29) is 0 Å². The summed E-state index contributed by atoms with van der Waals surface area (Å²) in [5, 5.41) is 0. The van der Waals surface area contributed by atoms with Crippen LogP contribution >= 0.6 is 0 Å². The van der Waals surface area contributed by atoms with Crippen molar-refractivity contribution < 1.29 is 0 Å². The third-order valence-electron chi connectivity index (χ3n) is 2.46. The standard InChI is InChI=1S/C12H26/c1-3-5-7-9-11-12-10-8-6-4-2/h3-12H2,1-2H3/i1+0. The molecule has 0 amide bonds. The molecule has 0 aromatic rings. The van der Waals surface area contributed by atoms with Crippen molar-refractivity contribution in [3.63, 3.8) is 0 Å². The Morgan fingerprint density at radius 3 is 0.917 bits per heavy atom. The smallest absolute Gasteiger partial charge is 0.0533 e. The van der Waals surface area contributed by atoms with Gasteiger partial charge in [0.15, 0.2) is 0 Å². The molecule has 0 nitrogen and oxygen atoms in total. The molecule has 0 N–H and O–H groups in total. The van der Waals surface area contributed by atoms with Crippen LogP contribution in [0.15, 0.2) is 0 Å². The van der Waals surface area contributed by atoms with Gasteiger partial charge in [-0.05, 0) is 0 Å². The van der Waals surface area contributed by atoms with Gasteiger partial charge in [-0.1, -0.05) is 78.1 Å². The zero-order valence-electron chi connectivity index (χ0n) is 9.07. The fraction of sp³-hybridized carbons (Fsp3) is 1.00. The van der Waals surface area contributed by atoms with Crippen LogP contribution in [0, 0.1) is 0 Å². The fourth-order valence-corrected chi connectivity index (χ4v) is 1.56. The van der Waals surface area contributed by atoms with Gasteiger partial charge in [0, 0.05) is 0 Å². The lowest BCUT2D eigenvalue weighted by Gasteiger charge is -1.99. The van der Waals surface area contributed by atoms with Crippen LogP contribution in [0.5, 0.6) is 0 Å². The van der Waals surface area contributed by atoms with Gasteiger partial charge in [0.25, 0.3) is 0 Å². The number of rotatable bonds is 9. The molecule has 0 radical (unpaired) electrons. The zero-order valence-corrected chi connectivity index (χ0v) is 9.07. The number of hydrogen-bond donors (Lipinski definition) is 0. The van der Waals surface area contributed by atoms with E-state index in [2.05, 4.69) is 13.8 Å². The molecule has 0 saturated heterocycles. The minimum atomic E-state index is 1.37. The summed E-state index contributed by atoms with van der Waals surface area (Å²) in [4.78, 5) is 0. The maximum absolute atomic E-state index is 2.28. The fourth-order valence-electron chi connectivity index (χ4n) is 1.56. The zero-order chi connectivity index (χ0) is 9.07. The summed E-state index contributed by atoms with van der Waals surface area (Å²) in [7, 11) is 0. The lowest BCUT2D eigenvalue weighted by atomic mass is 10.1. The van der Waals surface area contributed by atoms with Gasteiger partial charge in [-0.3, -0.25) is 0 Å².